The van der Waals surface area contributed by atoms with Crippen LogP contribution in [0, 0.1) is 0 Å². The predicted molar refractivity (Wildman–Crippen MR) is 63.1 cm³/mol. The second-order valence-electron chi connectivity index (χ2n) is 3.64. The van der Waals surface area contributed by atoms with E-state index in [9.17, 15) is 9.59 Å². The molecule has 0 aliphatic heterocycles. The number of aliphatic carboxylic acids is 1. The summed E-state index contributed by atoms with van der Waals surface area (Å²) in [6.07, 6.45) is 0. The number of carbonyl (C=O) groups is 2. The van der Waals surface area contributed by atoms with Crippen LogP contribution in [0.4, 0.5) is 0 Å². The van der Waals surface area contributed by atoms with Gasteiger partial charge < -0.3 is 14.9 Å². The first-order chi connectivity index (χ1) is 8.58. The third-order valence-electron chi connectivity index (χ3n) is 2.41. The van der Waals surface area contributed by atoms with Crippen molar-refractivity contribution in [2.45, 2.75) is 12.6 Å². The molecular weight excluding hydrogens is 238 g/mol. The van der Waals surface area contributed by atoms with Gasteiger partial charge in [0.05, 0.1) is 19.3 Å². The van der Waals surface area contributed by atoms with Crippen molar-refractivity contribution in [3.8, 4) is 0 Å². The summed E-state index contributed by atoms with van der Waals surface area (Å²) in [5, 5.41) is 20.2. The van der Waals surface area contributed by atoms with E-state index in [1.54, 1.807) is 24.3 Å². The van der Waals surface area contributed by atoms with Crippen LogP contribution in [0.2, 0.25) is 0 Å². The van der Waals surface area contributed by atoms with Gasteiger partial charge in [-0.1, -0.05) is 12.1 Å². The quantitative estimate of drug-likeness (QED) is 0.618. The van der Waals surface area contributed by atoms with Gasteiger partial charge >= 0.3 is 11.9 Å². The average molecular weight is 253 g/mol. The number of aliphatic hydroxyl groups is 1. The van der Waals surface area contributed by atoms with Gasteiger partial charge in [0.15, 0.2) is 0 Å². The fourth-order valence-electron chi connectivity index (χ4n) is 1.35. The number of hydrogen-bond acceptors (Lipinski definition) is 5. The van der Waals surface area contributed by atoms with Crippen LogP contribution in [-0.2, 0) is 16.1 Å². The van der Waals surface area contributed by atoms with Crippen molar-refractivity contribution >= 4 is 11.9 Å². The van der Waals surface area contributed by atoms with Crippen molar-refractivity contribution in [3.05, 3.63) is 35.4 Å². The number of methoxy groups -OCH3 is 1. The van der Waals surface area contributed by atoms with Crippen molar-refractivity contribution in [1.29, 1.82) is 0 Å². The number of hydrogen-bond donors (Lipinski definition) is 3. The number of carboxylic acids is 1. The van der Waals surface area contributed by atoms with Gasteiger partial charge in [0, 0.05) is 6.54 Å². The van der Waals surface area contributed by atoms with E-state index in [1.807, 2.05) is 0 Å². The molecular formula is C12H15NO5. The van der Waals surface area contributed by atoms with E-state index >= 15 is 0 Å². The molecule has 0 radical (unpaired) electrons. The Morgan fingerprint density at radius 1 is 1.33 bits per heavy atom. The molecule has 0 saturated carbocycles. The minimum atomic E-state index is -1.11. The van der Waals surface area contributed by atoms with Crippen LogP contribution in [0.3, 0.4) is 0 Å². The van der Waals surface area contributed by atoms with Gasteiger partial charge in [0.25, 0.3) is 0 Å². The van der Waals surface area contributed by atoms with Crippen molar-refractivity contribution in [2.24, 2.45) is 0 Å². The lowest BCUT2D eigenvalue weighted by molar-refractivity contribution is -0.140. The Hall–Kier alpha value is -1.92. The maximum Gasteiger partial charge on any atom is 0.337 e. The van der Waals surface area contributed by atoms with Gasteiger partial charge in [-0.3, -0.25) is 10.1 Å². The van der Waals surface area contributed by atoms with Gasteiger partial charge in [0.2, 0.25) is 0 Å². The van der Waals surface area contributed by atoms with E-state index in [1.165, 1.54) is 7.11 Å². The molecule has 18 heavy (non-hydrogen) atoms. The van der Waals surface area contributed by atoms with E-state index in [-0.39, 0.29) is 0 Å². The molecule has 1 unspecified atom stereocenters. The average Bonchev–Trinajstić information content (AvgIpc) is 2.39. The second-order valence-corrected chi connectivity index (χ2v) is 3.64. The van der Waals surface area contributed by atoms with Crippen molar-refractivity contribution in [1.82, 2.24) is 5.32 Å². The van der Waals surface area contributed by atoms with E-state index < -0.39 is 24.6 Å². The molecule has 98 valence electrons. The number of rotatable bonds is 6. The highest BCUT2D eigenvalue weighted by Crippen LogP contribution is 2.05. The summed E-state index contributed by atoms with van der Waals surface area (Å²) in [5.41, 5.74) is 1.24. The molecule has 1 rings (SSSR count). The molecule has 0 aliphatic carbocycles. The van der Waals surface area contributed by atoms with Gasteiger partial charge in [-0.2, -0.15) is 0 Å². The number of benzene rings is 1. The third-order valence-corrected chi connectivity index (χ3v) is 2.41. The second kappa shape index (κ2) is 6.73. The summed E-state index contributed by atoms with van der Waals surface area (Å²) < 4.78 is 4.56. The van der Waals surface area contributed by atoms with Crippen LogP contribution in [0.1, 0.15) is 15.9 Å². The lowest BCUT2D eigenvalue weighted by Crippen LogP contribution is -2.39. The molecule has 0 bridgehead atoms. The molecule has 1 aromatic rings. The van der Waals surface area contributed by atoms with Gasteiger partial charge in [-0.25, -0.2) is 4.79 Å². The topological polar surface area (TPSA) is 95.9 Å². The molecule has 6 heteroatoms. The maximum atomic E-state index is 11.2. The van der Waals surface area contributed by atoms with Crippen LogP contribution in [0.5, 0.6) is 0 Å². The number of aliphatic hydroxyl groups excluding tert-OH is 1. The molecule has 0 heterocycles. The standard InChI is InChI=1S/C12H15NO5/c1-18-12(17)9-4-2-8(3-5-9)6-13-10(7-14)11(15)16/h2-5,10,13-14H,6-7H2,1H3,(H,15,16). The minimum Gasteiger partial charge on any atom is -0.480 e. The highest BCUT2D eigenvalue weighted by atomic mass is 16.5. The Morgan fingerprint density at radius 3 is 2.39 bits per heavy atom. The zero-order valence-electron chi connectivity index (χ0n) is 9.92. The van der Waals surface area contributed by atoms with E-state index in [4.69, 9.17) is 10.2 Å². The molecule has 0 aliphatic rings. The fourth-order valence-corrected chi connectivity index (χ4v) is 1.35. The number of carbonyl (C=O) groups excluding carboxylic acids is 1. The summed E-state index contributed by atoms with van der Waals surface area (Å²) in [7, 11) is 1.30. The van der Waals surface area contributed by atoms with Crippen LogP contribution in [0.25, 0.3) is 0 Å². The summed E-state index contributed by atoms with van der Waals surface area (Å²) in [5.74, 6) is -1.53. The fraction of sp³-hybridized carbons (Fsp3) is 0.333. The monoisotopic (exact) mass is 253 g/mol. The van der Waals surface area contributed by atoms with Gasteiger partial charge in [0.1, 0.15) is 6.04 Å². The summed E-state index contributed by atoms with van der Waals surface area (Å²) >= 11 is 0. The van der Waals surface area contributed by atoms with Crippen molar-refractivity contribution in [2.75, 3.05) is 13.7 Å². The van der Waals surface area contributed by atoms with Gasteiger partial charge in [-0.15, -0.1) is 0 Å². The Labute approximate surface area is 104 Å². The smallest absolute Gasteiger partial charge is 0.337 e. The summed E-state index contributed by atoms with van der Waals surface area (Å²) in [4.78, 5) is 21.8. The predicted octanol–water partition coefficient (Wildman–Crippen LogP) is 0.00830. The van der Waals surface area contributed by atoms with Crippen LogP contribution in [0.15, 0.2) is 24.3 Å². The Kier molecular flexibility index (Phi) is 5.29. The lowest BCUT2D eigenvalue weighted by Gasteiger charge is -2.11. The normalized spacial score (nSPS) is 11.9. The zero-order chi connectivity index (χ0) is 13.5. The lowest BCUT2D eigenvalue weighted by atomic mass is 10.1. The Morgan fingerprint density at radius 2 is 1.94 bits per heavy atom. The first-order valence-electron chi connectivity index (χ1n) is 5.32. The molecule has 0 fully saturated rings. The van der Waals surface area contributed by atoms with Crippen molar-refractivity contribution in [3.63, 3.8) is 0 Å². The molecule has 1 atom stereocenters. The summed E-state index contributed by atoms with van der Waals surface area (Å²) in [6.45, 7) is -0.186. The van der Waals surface area contributed by atoms with Crippen molar-refractivity contribution < 1.29 is 24.5 Å². The highest BCUT2D eigenvalue weighted by molar-refractivity contribution is 5.89. The summed E-state index contributed by atoms with van der Waals surface area (Å²) in [6, 6.07) is 5.57. The number of ether oxygens (including phenoxy) is 1. The highest BCUT2D eigenvalue weighted by Gasteiger charge is 2.14. The first-order valence-corrected chi connectivity index (χ1v) is 5.32. The zero-order valence-corrected chi connectivity index (χ0v) is 9.92. The van der Waals surface area contributed by atoms with Crippen LogP contribution < -0.4 is 5.32 Å². The molecule has 0 spiro atoms. The largest absolute Gasteiger partial charge is 0.480 e. The van der Waals surface area contributed by atoms with E-state index in [0.29, 0.717) is 12.1 Å². The molecule has 0 saturated heterocycles. The Balaban J connectivity index is 2.58. The molecule has 0 aromatic heterocycles. The van der Waals surface area contributed by atoms with Gasteiger partial charge in [-0.05, 0) is 17.7 Å². The molecule has 3 N–H and O–H groups in total. The van der Waals surface area contributed by atoms with Crippen LogP contribution in [-0.4, -0.2) is 41.9 Å². The third kappa shape index (κ3) is 3.83. The SMILES string of the molecule is COC(=O)c1ccc(CNC(CO)C(=O)O)cc1. The molecule has 0 amide bonds. The van der Waals surface area contributed by atoms with E-state index in [0.717, 1.165) is 5.56 Å². The Bertz CT molecular complexity index is 415. The number of esters is 1. The molecule has 6 nitrogen and oxygen atoms in total. The minimum absolute atomic E-state index is 0.291. The number of carboxylic acid groups (broad SMARTS) is 1. The molecule has 1 aromatic carbocycles. The maximum absolute atomic E-state index is 11.2. The number of nitrogens with one attached hydrogen (secondary N) is 1. The first kappa shape index (κ1) is 14.1. The van der Waals surface area contributed by atoms with Crippen LogP contribution >= 0.6 is 0 Å². The van der Waals surface area contributed by atoms with E-state index in [2.05, 4.69) is 10.1 Å².